The summed E-state index contributed by atoms with van der Waals surface area (Å²) in [7, 11) is 0. The second-order valence-electron chi connectivity index (χ2n) is 9.11. The van der Waals surface area contributed by atoms with Gasteiger partial charge in [0, 0.05) is 37.1 Å². The molecule has 1 saturated heterocycles. The number of carbonyl (C=O) groups excluding carboxylic acids is 2. The van der Waals surface area contributed by atoms with Gasteiger partial charge in [0.25, 0.3) is 0 Å². The predicted octanol–water partition coefficient (Wildman–Crippen LogP) is 4.78. The predicted molar refractivity (Wildman–Crippen MR) is 130 cm³/mol. The molecule has 9 heteroatoms. The van der Waals surface area contributed by atoms with Crippen LogP contribution in [0.3, 0.4) is 0 Å². The Morgan fingerprint density at radius 3 is 2.79 bits per heavy atom. The van der Waals surface area contributed by atoms with Crippen LogP contribution in [0.4, 0.5) is 15.6 Å². The lowest BCUT2D eigenvalue weighted by Crippen LogP contribution is -2.39. The fourth-order valence-corrected chi connectivity index (χ4v) is 5.40. The second-order valence-corrected chi connectivity index (χ2v) is 10.1. The molecule has 8 nitrogen and oxygen atoms in total. The largest absolute Gasteiger partial charge is 0.446 e. The van der Waals surface area contributed by atoms with E-state index >= 15 is 0 Å². The van der Waals surface area contributed by atoms with E-state index in [0.717, 1.165) is 71.2 Å². The maximum atomic E-state index is 13.0. The minimum Gasteiger partial charge on any atom is -0.446 e. The van der Waals surface area contributed by atoms with Gasteiger partial charge < -0.3 is 14.8 Å². The number of carbonyl (C=O) groups is 2. The number of pyridine rings is 1. The zero-order valence-electron chi connectivity index (χ0n) is 18.8. The fraction of sp³-hybridized carbons (Fsp3) is 0.440. The first-order valence-corrected chi connectivity index (χ1v) is 12.7. The van der Waals surface area contributed by atoms with Crippen molar-refractivity contribution in [1.29, 1.82) is 0 Å². The zero-order valence-corrected chi connectivity index (χ0v) is 19.6. The molecule has 176 valence electrons. The van der Waals surface area contributed by atoms with E-state index in [2.05, 4.69) is 21.4 Å². The van der Waals surface area contributed by atoms with Gasteiger partial charge in [-0.25, -0.2) is 9.78 Å². The van der Waals surface area contributed by atoms with Crippen molar-refractivity contribution in [2.75, 3.05) is 30.0 Å². The van der Waals surface area contributed by atoms with E-state index < -0.39 is 0 Å². The van der Waals surface area contributed by atoms with Gasteiger partial charge in [-0.05, 0) is 49.4 Å². The first-order chi connectivity index (χ1) is 16.6. The Morgan fingerprint density at radius 1 is 1.12 bits per heavy atom. The van der Waals surface area contributed by atoms with Crippen molar-refractivity contribution in [2.45, 2.75) is 44.6 Å². The Hall–Kier alpha value is -3.04. The first kappa shape index (κ1) is 21.5. The summed E-state index contributed by atoms with van der Waals surface area (Å²) in [5.41, 5.74) is 4.52. The molecule has 2 aliphatic heterocycles. The third-order valence-electron chi connectivity index (χ3n) is 6.59. The fourth-order valence-electron chi connectivity index (χ4n) is 4.49. The molecule has 3 aromatic rings. The van der Waals surface area contributed by atoms with Gasteiger partial charge in [0.2, 0.25) is 5.91 Å². The van der Waals surface area contributed by atoms with Gasteiger partial charge in [0.1, 0.15) is 6.10 Å². The highest BCUT2D eigenvalue weighted by Gasteiger charge is 2.30. The third-order valence-corrected chi connectivity index (χ3v) is 7.52. The van der Waals surface area contributed by atoms with Crippen LogP contribution in [0.5, 0.6) is 0 Å². The quantitative estimate of drug-likeness (QED) is 0.580. The number of anilines is 2. The number of nitrogens with one attached hydrogen (secondary N) is 1. The number of amides is 2. The summed E-state index contributed by atoms with van der Waals surface area (Å²) in [4.78, 5) is 36.0. The van der Waals surface area contributed by atoms with Gasteiger partial charge in [-0.2, -0.15) is 0 Å². The molecule has 0 atom stereocenters. The summed E-state index contributed by atoms with van der Waals surface area (Å²) in [6.45, 7) is 1.89. The molecule has 1 saturated carbocycles. The highest BCUT2D eigenvalue weighted by Crippen LogP contribution is 2.35. The Balaban J connectivity index is 1.25. The molecule has 1 aliphatic carbocycles. The van der Waals surface area contributed by atoms with E-state index in [1.807, 2.05) is 24.4 Å². The van der Waals surface area contributed by atoms with Crippen molar-refractivity contribution >= 4 is 44.4 Å². The minimum atomic E-state index is -0.305. The number of hydrogen-bond acceptors (Lipinski definition) is 7. The SMILES string of the molecule is O=C(Nc1nc2ccc(-c3cnc4c(c3)N(C(=O)OC3CCOCC3)CCC4)cc2s1)C1CC1. The summed E-state index contributed by atoms with van der Waals surface area (Å²) < 4.78 is 12.2. The Morgan fingerprint density at radius 2 is 1.97 bits per heavy atom. The standard InChI is InChI=1S/C25H26N4O4S/c30-23(15-3-4-15)28-24-27-20-6-5-16(13-22(20)34-24)17-12-21-19(26-14-17)2-1-9-29(21)25(31)33-18-7-10-32-11-8-18/h5-6,12-15,18H,1-4,7-11H2,(H,27,28,30). The van der Waals surface area contributed by atoms with Crippen molar-refractivity contribution < 1.29 is 19.1 Å². The number of aryl methyl sites for hydroxylation is 1. The number of rotatable bonds is 4. The van der Waals surface area contributed by atoms with Crippen LogP contribution in [-0.2, 0) is 20.7 Å². The summed E-state index contributed by atoms with van der Waals surface area (Å²) in [5, 5.41) is 3.57. The van der Waals surface area contributed by atoms with Crippen LogP contribution in [0.2, 0.25) is 0 Å². The summed E-state index contributed by atoms with van der Waals surface area (Å²) in [6.07, 6.45) is 6.58. The molecule has 6 rings (SSSR count). The van der Waals surface area contributed by atoms with Gasteiger partial charge in [-0.15, -0.1) is 0 Å². The van der Waals surface area contributed by atoms with Crippen molar-refractivity contribution in [3.05, 3.63) is 36.2 Å². The molecular formula is C25H26N4O4S. The Bertz CT molecular complexity index is 1250. The average molecular weight is 479 g/mol. The average Bonchev–Trinajstić information content (AvgIpc) is 3.64. The lowest BCUT2D eigenvalue weighted by Gasteiger charge is -2.31. The number of aromatic nitrogens is 2. The van der Waals surface area contributed by atoms with Gasteiger partial charge >= 0.3 is 6.09 Å². The molecule has 2 aromatic heterocycles. The third kappa shape index (κ3) is 4.37. The molecule has 1 aromatic carbocycles. The molecule has 34 heavy (non-hydrogen) atoms. The summed E-state index contributed by atoms with van der Waals surface area (Å²) in [6, 6.07) is 8.07. The molecule has 0 radical (unpaired) electrons. The minimum absolute atomic E-state index is 0.0610. The van der Waals surface area contributed by atoms with E-state index in [4.69, 9.17) is 9.47 Å². The van der Waals surface area contributed by atoms with E-state index in [1.165, 1.54) is 11.3 Å². The van der Waals surface area contributed by atoms with Gasteiger partial charge in [0.05, 0.1) is 34.8 Å². The lowest BCUT2D eigenvalue weighted by molar-refractivity contribution is -0.117. The van der Waals surface area contributed by atoms with E-state index in [0.29, 0.717) is 24.9 Å². The van der Waals surface area contributed by atoms with Crippen molar-refractivity contribution in [3.63, 3.8) is 0 Å². The van der Waals surface area contributed by atoms with Crippen LogP contribution in [0.25, 0.3) is 21.3 Å². The topological polar surface area (TPSA) is 93.7 Å². The van der Waals surface area contributed by atoms with Gasteiger partial charge in [0.15, 0.2) is 5.13 Å². The lowest BCUT2D eigenvalue weighted by atomic mass is 10.0. The molecule has 0 bridgehead atoms. The van der Waals surface area contributed by atoms with Crippen molar-refractivity contribution in [3.8, 4) is 11.1 Å². The van der Waals surface area contributed by atoms with Crippen molar-refractivity contribution in [2.24, 2.45) is 5.92 Å². The highest BCUT2D eigenvalue weighted by atomic mass is 32.1. The summed E-state index contributed by atoms with van der Waals surface area (Å²) in [5.74, 6) is 0.205. The number of thiazole rings is 1. The van der Waals surface area contributed by atoms with Crippen molar-refractivity contribution in [1.82, 2.24) is 9.97 Å². The van der Waals surface area contributed by atoms with Crippen LogP contribution in [0.1, 0.15) is 37.8 Å². The number of ether oxygens (including phenoxy) is 2. The molecule has 2 fully saturated rings. The van der Waals surface area contributed by atoms with Crippen LogP contribution in [0.15, 0.2) is 30.5 Å². The molecule has 0 unspecified atom stereocenters. The summed E-state index contributed by atoms with van der Waals surface area (Å²) >= 11 is 1.48. The molecule has 1 N–H and O–H groups in total. The van der Waals surface area contributed by atoms with Crippen LogP contribution < -0.4 is 10.2 Å². The maximum Gasteiger partial charge on any atom is 0.414 e. The number of benzene rings is 1. The van der Waals surface area contributed by atoms with Crippen LogP contribution in [0, 0.1) is 5.92 Å². The molecule has 3 aliphatic rings. The van der Waals surface area contributed by atoms with Crippen LogP contribution in [-0.4, -0.2) is 47.8 Å². The smallest absolute Gasteiger partial charge is 0.414 e. The molecule has 0 spiro atoms. The Labute approximate surface area is 201 Å². The molecular weight excluding hydrogens is 452 g/mol. The maximum absolute atomic E-state index is 13.0. The van der Waals surface area contributed by atoms with E-state index in [1.54, 1.807) is 4.90 Å². The second kappa shape index (κ2) is 8.96. The zero-order chi connectivity index (χ0) is 23.1. The van der Waals surface area contributed by atoms with Gasteiger partial charge in [-0.1, -0.05) is 17.4 Å². The van der Waals surface area contributed by atoms with E-state index in [9.17, 15) is 9.59 Å². The molecule has 4 heterocycles. The number of fused-ring (bicyclic) bond motifs is 2. The van der Waals surface area contributed by atoms with Crippen LogP contribution >= 0.6 is 11.3 Å². The molecule has 2 amide bonds. The number of nitrogens with zero attached hydrogens (tertiary/aromatic N) is 3. The van der Waals surface area contributed by atoms with Gasteiger partial charge in [-0.3, -0.25) is 14.7 Å². The normalized spacial score (nSPS) is 18.5. The first-order valence-electron chi connectivity index (χ1n) is 11.9. The number of hydrogen-bond donors (Lipinski definition) is 1. The van der Waals surface area contributed by atoms with E-state index in [-0.39, 0.29) is 24.0 Å². The highest BCUT2D eigenvalue weighted by molar-refractivity contribution is 7.22. The Kier molecular flexibility index (Phi) is 5.66. The monoisotopic (exact) mass is 478 g/mol.